The van der Waals surface area contributed by atoms with Gasteiger partial charge in [-0.15, -0.1) is 0 Å². The molecule has 0 saturated heterocycles. The molecule has 2 aromatic rings. The lowest BCUT2D eigenvalue weighted by atomic mass is 10.00. The lowest BCUT2D eigenvalue weighted by Crippen LogP contribution is -2.42. The Labute approximate surface area is 143 Å². The van der Waals surface area contributed by atoms with Crippen molar-refractivity contribution in [2.75, 3.05) is 19.7 Å². The van der Waals surface area contributed by atoms with Gasteiger partial charge >= 0.3 is 0 Å². The second-order valence-corrected chi connectivity index (χ2v) is 6.19. The van der Waals surface area contributed by atoms with E-state index in [0.29, 0.717) is 19.5 Å². The minimum Gasteiger partial charge on any atom is -0.396 e. The number of aliphatic hydroxyl groups excluding tert-OH is 1. The van der Waals surface area contributed by atoms with Crippen LogP contribution in [0, 0.1) is 0 Å². The van der Waals surface area contributed by atoms with Gasteiger partial charge in [0.05, 0.1) is 6.54 Å². The van der Waals surface area contributed by atoms with Crippen molar-refractivity contribution >= 4 is 5.91 Å². The van der Waals surface area contributed by atoms with Gasteiger partial charge in [0.2, 0.25) is 5.91 Å². The molecule has 2 aromatic carbocycles. The number of carbonyl (C=O) groups is 1. The van der Waals surface area contributed by atoms with E-state index in [1.165, 1.54) is 11.1 Å². The van der Waals surface area contributed by atoms with Crippen molar-refractivity contribution < 1.29 is 9.90 Å². The number of benzene rings is 2. The maximum absolute atomic E-state index is 12.5. The normalized spacial score (nSPS) is 15.0. The van der Waals surface area contributed by atoms with Crippen molar-refractivity contribution in [3.05, 3.63) is 71.3 Å². The topological polar surface area (TPSA) is 52.6 Å². The average molecular weight is 324 g/mol. The fourth-order valence-corrected chi connectivity index (χ4v) is 3.23. The quantitative estimate of drug-likeness (QED) is 0.857. The molecule has 4 nitrogen and oxygen atoms in total. The summed E-state index contributed by atoms with van der Waals surface area (Å²) in [5, 5.41) is 12.6. The largest absolute Gasteiger partial charge is 0.396 e. The minimum atomic E-state index is -0.00257. The summed E-state index contributed by atoms with van der Waals surface area (Å²) in [6.07, 6.45) is 1.51. The SMILES string of the molecule is O=C(CNC(CCO)c1ccccc1)N1CCc2ccccc2C1. The number of fused-ring (bicyclic) bond motifs is 1. The molecule has 0 fully saturated rings. The zero-order valence-electron chi connectivity index (χ0n) is 13.8. The van der Waals surface area contributed by atoms with Crippen LogP contribution in [0.15, 0.2) is 54.6 Å². The van der Waals surface area contributed by atoms with Gasteiger partial charge in [0.25, 0.3) is 0 Å². The third-order valence-electron chi connectivity index (χ3n) is 4.60. The molecule has 1 atom stereocenters. The van der Waals surface area contributed by atoms with Gasteiger partial charge in [-0.1, -0.05) is 54.6 Å². The molecule has 0 aromatic heterocycles. The molecule has 1 heterocycles. The van der Waals surface area contributed by atoms with Crippen LogP contribution in [0.2, 0.25) is 0 Å². The smallest absolute Gasteiger partial charge is 0.236 e. The van der Waals surface area contributed by atoms with Crippen LogP contribution in [-0.2, 0) is 17.8 Å². The Balaban J connectivity index is 1.58. The Bertz CT molecular complexity index is 672. The van der Waals surface area contributed by atoms with E-state index in [2.05, 4.69) is 23.5 Å². The van der Waals surface area contributed by atoms with Crippen LogP contribution in [-0.4, -0.2) is 35.6 Å². The van der Waals surface area contributed by atoms with Crippen LogP contribution in [0.5, 0.6) is 0 Å². The van der Waals surface area contributed by atoms with Gasteiger partial charge in [0.15, 0.2) is 0 Å². The Morgan fingerprint density at radius 2 is 1.79 bits per heavy atom. The minimum absolute atomic E-state index is 0.00257. The molecule has 0 saturated carbocycles. The zero-order chi connectivity index (χ0) is 16.8. The van der Waals surface area contributed by atoms with E-state index in [1.807, 2.05) is 41.3 Å². The number of carbonyl (C=O) groups excluding carboxylic acids is 1. The first-order valence-electron chi connectivity index (χ1n) is 8.51. The first-order valence-corrected chi connectivity index (χ1v) is 8.51. The molecule has 1 amide bonds. The fraction of sp³-hybridized carbons (Fsp3) is 0.350. The van der Waals surface area contributed by atoms with Gasteiger partial charge in [0, 0.05) is 25.7 Å². The monoisotopic (exact) mass is 324 g/mol. The molecule has 0 spiro atoms. The van der Waals surface area contributed by atoms with Crippen molar-refractivity contribution in [1.82, 2.24) is 10.2 Å². The summed E-state index contributed by atoms with van der Waals surface area (Å²) in [4.78, 5) is 14.5. The Morgan fingerprint density at radius 3 is 2.54 bits per heavy atom. The predicted octanol–water partition coefficient (Wildman–Crippen LogP) is 2.28. The summed E-state index contributed by atoms with van der Waals surface area (Å²) in [6.45, 7) is 1.85. The summed E-state index contributed by atoms with van der Waals surface area (Å²) in [7, 11) is 0. The first-order chi connectivity index (χ1) is 11.8. The molecule has 4 heteroatoms. The van der Waals surface area contributed by atoms with Gasteiger partial charge < -0.3 is 15.3 Å². The highest BCUT2D eigenvalue weighted by Gasteiger charge is 2.21. The molecule has 1 aliphatic heterocycles. The molecular formula is C20H24N2O2. The van der Waals surface area contributed by atoms with E-state index in [0.717, 1.165) is 18.5 Å². The Hall–Kier alpha value is -2.17. The summed E-state index contributed by atoms with van der Waals surface area (Å²) < 4.78 is 0. The van der Waals surface area contributed by atoms with Gasteiger partial charge in [-0.05, 0) is 29.5 Å². The maximum atomic E-state index is 12.5. The molecule has 0 aliphatic carbocycles. The molecule has 0 radical (unpaired) electrons. The summed E-state index contributed by atoms with van der Waals surface area (Å²) in [5.41, 5.74) is 3.69. The third kappa shape index (κ3) is 4.02. The Morgan fingerprint density at radius 1 is 1.08 bits per heavy atom. The van der Waals surface area contributed by atoms with Gasteiger partial charge in [0.1, 0.15) is 0 Å². The van der Waals surface area contributed by atoms with Crippen LogP contribution in [0.3, 0.4) is 0 Å². The van der Waals surface area contributed by atoms with Crippen molar-refractivity contribution in [1.29, 1.82) is 0 Å². The highest BCUT2D eigenvalue weighted by molar-refractivity contribution is 5.78. The lowest BCUT2D eigenvalue weighted by Gasteiger charge is -2.29. The van der Waals surface area contributed by atoms with Crippen molar-refractivity contribution in [3.8, 4) is 0 Å². The number of nitrogens with zero attached hydrogens (tertiary/aromatic N) is 1. The maximum Gasteiger partial charge on any atom is 0.236 e. The lowest BCUT2D eigenvalue weighted by molar-refractivity contribution is -0.131. The number of amides is 1. The highest BCUT2D eigenvalue weighted by Crippen LogP contribution is 2.19. The summed E-state index contributed by atoms with van der Waals surface area (Å²) >= 11 is 0. The van der Waals surface area contributed by atoms with Crippen LogP contribution < -0.4 is 5.32 Å². The van der Waals surface area contributed by atoms with E-state index < -0.39 is 0 Å². The highest BCUT2D eigenvalue weighted by atomic mass is 16.3. The number of nitrogens with one attached hydrogen (secondary N) is 1. The van der Waals surface area contributed by atoms with E-state index in [-0.39, 0.29) is 18.6 Å². The van der Waals surface area contributed by atoms with E-state index in [1.54, 1.807) is 0 Å². The van der Waals surface area contributed by atoms with Crippen molar-refractivity contribution in [2.24, 2.45) is 0 Å². The number of hydrogen-bond acceptors (Lipinski definition) is 3. The third-order valence-corrected chi connectivity index (χ3v) is 4.60. The standard InChI is InChI=1S/C20H24N2O2/c23-13-11-19(17-7-2-1-3-8-17)21-14-20(24)22-12-10-16-6-4-5-9-18(16)15-22/h1-9,19,21,23H,10-15H2. The number of hydrogen-bond donors (Lipinski definition) is 2. The second kappa shape index (κ2) is 8.08. The Kier molecular flexibility index (Phi) is 5.62. The summed E-state index contributed by atoms with van der Waals surface area (Å²) in [6, 6.07) is 18.3. The molecule has 1 unspecified atom stereocenters. The van der Waals surface area contributed by atoms with Crippen LogP contribution in [0.1, 0.15) is 29.2 Å². The molecule has 24 heavy (non-hydrogen) atoms. The average Bonchev–Trinajstić information content (AvgIpc) is 2.65. The second-order valence-electron chi connectivity index (χ2n) is 6.19. The van der Waals surface area contributed by atoms with Gasteiger partial charge in [-0.2, -0.15) is 0 Å². The van der Waals surface area contributed by atoms with Gasteiger partial charge in [-0.25, -0.2) is 0 Å². The van der Waals surface area contributed by atoms with Gasteiger partial charge in [-0.3, -0.25) is 4.79 Å². The van der Waals surface area contributed by atoms with Crippen LogP contribution in [0.25, 0.3) is 0 Å². The summed E-state index contributed by atoms with van der Waals surface area (Å²) in [5.74, 6) is 0.114. The van der Waals surface area contributed by atoms with E-state index in [9.17, 15) is 9.90 Å². The molecular weight excluding hydrogens is 300 g/mol. The molecule has 126 valence electrons. The number of rotatable bonds is 6. The zero-order valence-corrected chi connectivity index (χ0v) is 13.8. The molecule has 2 N–H and O–H groups in total. The van der Waals surface area contributed by atoms with Crippen molar-refractivity contribution in [2.45, 2.75) is 25.4 Å². The van der Waals surface area contributed by atoms with E-state index >= 15 is 0 Å². The van der Waals surface area contributed by atoms with Crippen molar-refractivity contribution in [3.63, 3.8) is 0 Å². The van der Waals surface area contributed by atoms with Crippen LogP contribution in [0.4, 0.5) is 0 Å². The fourth-order valence-electron chi connectivity index (χ4n) is 3.23. The molecule has 3 rings (SSSR count). The molecule has 1 aliphatic rings. The van der Waals surface area contributed by atoms with Crippen LogP contribution >= 0.6 is 0 Å². The first kappa shape index (κ1) is 16.7. The predicted molar refractivity (Wildman–Crippen MR) is 94.5 cm³/mol. The number of aliphatic hydroxyl groups is 1. The van der Waals surface area contributed by atoms with E-state index in [4.69, 9.17) is 0 Å². The molecule has 0 bridgehead atoms.